The molecule has 0 aliphatic rings. The van der Waals surface area contributed by atoms with Gasteiger partial charge in [0.25, 0.3) is 0 Å². The minimum absolute atomic E-state index is 0.784. The molecule has 0 fully saturated rings. The van der Waals surface area contributed by atoms with Gasteiger partial charge in [-0.1, -0.05) is 13.8 Å². The lowest BCUT2D eigenvalue weighted by atomic mass is 10.6. The van der Waals surface area contributed by atoms with Crippen molar-refractivity contribution in [2.24, 2.45) is 0 Å². The van der Waals surface area contributed by atoms with Crippen LogP contribution in [0.25, 0.3) is 0 Å². The van der Waals surface area contributed by atoms with Crippen LogP contribution >= 0.6 is 0 Å². The van der Waals surface area contributed by atoms with Gasteiger partial charge in [-0.25, -0.2) is 0 Å². The molecule has 0 amide bonds. The molecule has 0 aromatic heterocycles. The molecular formula is C7H20OSi2. The molecule has 0 aromatic carbocycles. The molecule has 0 rings (SSSR count). The highest BCUT2D eigenvalue weighted by Crippen LogP contribution is 2.13. The zero-order chi connectivity index (χ0) is 8.36. The van der Waals surface area contributed by atoms with E-state index in [9.17, 15) is 0 Å². The highest BCUT2D eigenvalue weighted by molar-refractivity contribution is 6.77. The van der Waals surface area contributed by atoms with Gasteiger partial charge < -0.3 is 4.12 Å². The lowest BCUT2D eigenvalue weighted by Crippen LogP contribution is -2.34. The van der Waals surface area contributed by atoms with Crippen molar-refractivity contribution in [3.8, 4) is 0 Å². The van der Waals surface area contributed by atoms with Crippen molar-refractivity contribution in [2.75, 3.05) is 0 Å². The SMILES string of the molecule is CC(C)[SiH](C)O[Si](C)(C)C. The van der Waals surface area contributed by atoms with Crippen LogP contribution in [0.1, 0.15) is 13.8 Å². The van der Waals surface area contributed by atoms with E-state index in [2.05, 4.69) is 40.0 Å². The highest BCUT2D eigenvalue weighted by Gasteiger charge is 2.20. The first-order valence-corrected chi connectivity index (χ1v) is 9.71. The number of rotatable bonds is 3. The van der Waals surface area contributed by atoms with Gasteiger partial charge in [0, 0.05) is 0 Å². The Balaban J connectivity index is 3.68. The summed E-state index contributed by atoms with van der Waals surface area (Å²) >= 11 is 0. The van der Waals surface area contributed by atoms with Crippen molar-refractivity contribution >= 4 is 17.4 Å². The van der Waals surface area contributed by atoms with Crippen LogP contribution < -0.4 is 0 Å². The third-order valence-corrected chi connectivity index (χ3v) is 7.67. The van der Waals surface area contributed by atoms with Crippen molar-refractivity contribution in [2.45, 2.75) is 45.6 Å². The van der Waals surface area contributed by atoms with E-state index in [-0.39, 0.29) is 0 Å². The lowest BCUT2D eigenvalue weighted by Gasteiger charge is -2.25. The molecule has 0 aliphatic carbocycles. The number of hydrogen-bond donors (Lipinski definition) is 0. The Hall–Kier alpha value is 0.394. The van der Waals surface area contributed by atoms with Gasteiger partial charge in [-0.3, -0.25) is 0 Å². The maximum absolute atomic E-state index is 5.98. The molecule has 1 atom stereocenters. The molecule has 1 unspecified atom stereocenters. The van der Waals surface area contributed by atoms with E-state index in [1.807, 2.05) is 0 Å². The van der Waals surface area contributed by atoms with E-state index >= 15 is 0 Å². The molecule has 0 heterocycles. The van der Waals surface area contributed by atoms with Crippen molar-refractivity contribution in [3.63, 3.8) is 0 Å². The average molecular weight is 176 g/mol. The maximum atomic E-state index is 5.98. The summed E-state index contributed by atoms with van der Waals surface area (Å²) in [6.45, 7) is 13.6. The van der Waals surface area contributed by atoms with Gasteiger partial charge >= 0.3 is 0 Å². The van der Waals surface area contributed by atoms with Crippen LogP contribution in [0.2, 0.25) is 31.7 Å². The maximum Gasteiger partial charge on any atom is 0.170 e. The standard InChI is InChI=1S/C7H20OSi2/c1-7(2)9(3)8-10(4,5)6/h7,9H,1-6H3. The van der Waals surface area contributed by atoms with Crippen LogP contribution in [0.4, 0.5) is 0 Å². The Morgan fingerprint density at radius 3 is 1.70 bits per heavy atom. The quantitative estimate of drug-likeness (QED) is 0.601. The topological polar surface area (TPSA) is 9.23 Å². The van der Waals surface area contributed by atoms with Gasteiger partial charge in [0.05, 0.1) is 0 Å². The summed E-state index contributed by atoms with van der Waals surface area (Å²) < 4.78 is 5.98. The minimum Gasteiger partial charge on any atom is -0.458 e. The predicted molar refractivity (Wildman–Crippen MR) is 52.5 cm³/mol. The lowest BCUT2D eigenvalue weighted by molar-refractivity contribution is 0.560. The highest BCUT2D eigenvalue weighted by atomic mass is 28.4. The fourth-order valence-corrected chi connectivity index (χ4v) is 6.24. The molecule has 10 heavy (non-hydrogen) atoms. The summed E-state index contributed by atoms with van der Waals surface area (Å²) in [7, 11) is -2.06. The molecule has 3 heteroatoms. The zero-order valence-electron chi connectivity index (χ0n) is 8.06. The summed E-state index contributed by atoms with van der Waals surface area (Å²) in [4.78, 5) is 0. The second kappa shape index (κ2) is 3.69. The van der Waals surface area contributed by atoms with E-state index in [0.29, 0.717) is 0 Å². The molecule has 0 aliphatic heterocycles. The summed E-state index contributed by atoms with van der Waals surface area (Å²) in [5, 5.41) is 0. The van der Waals surface area contributed by atoms with Crippen molar-refractivity contribution < 1.29 is 4.12 Å². The molecule has 0 saturated heterocycles. The zero-order valence-corrected chi connectivity index (χ0v) is 10.2. The van der Waals surface area contributed by atoms with Crippen LogP contribution in [0.5, 0.6) is 0 Å². The van der Waals surface area contributed by atoms with E-state index in [4.69, 9.17) is 4.12 Å². The van der Waals surface area contributed by atoms with E-state index < -0.39 is 17.4 Å². The molecular weight excluding hydrogens is 156 g/mol. The first kappa shape index (κ1) is 10.4. The molecule has 1 nitrogen and oxygen atoms in total. The molecule has 0 N–H and O–H groups in total. The Kier molecular flexibility index (Phi) is 3.83. The number of hydrogen-bond acceptors (Lipinski definition) is 1. The third kappa shape index (κ3) is 5.20. The van der Waals surface area contributed by atoms with Crippen LogP contribution in [-0.2, 0) is 4.12 Å². The second-order valence-corrected chi connectivity index (χ2v) is 12.1. The van der Waals surface area contributed by atoms with Gasteiger partial charge in [-0.15, -0.1) is 0 Å². The second-order valence-electron chi connectivity index (χ2n) is 4.18. The molecule has 0 saturated carbocycles. The van der Waals surface area contributed by atoms with Gasteiger partial charge in [-0.2, -0.15) is 0 Å². The smallest absolute Gasteiger partial charge is 0.170 e. The Morgan fingerprint density at radius 2 is 1.60 bits per heavy atom. The monoisotopic (exact) mass is 176 g/mol. The summed E-state index contributed by atoms with van der Waals surface area (Å²) in [6, 6.07) is 0. The predicted octanol–water partition coefficient (Wildman–Crippen LogP) is 2.60. The van der Waals surface area contributed by atoms with Gasteiger partial charge in [0.15, 0.2) is 17.4 Å². The summed E-state index contributed by atoms with van der Waals surface area (Å²) in [5.74, 6) is 0. The van der Waals surface area contributed by atoms with E-state index in [0.717, 1.165) is 5.54 Å². The largest absolute Gasteiger partial charge is 0.458 e. The normalized spacial score (nSPS) is 15.9. The van der Waals surface area contributed by atoms with Gasteiger partial charge in [0.1, 0.15) is 0 Å². The fourth-order valence-electron chi connectivity index (χ4n) is 0.694. The van der Waals surface area contributed by atoms with E-state index in [1.165, 1.54) is 0 Å². The third-order valence-electron chi connectivity index (χ3n) is 1.48. The van der Waals surface area contributed by atoms with Crippen LogP contribution in [0.3, 0.4) is 0 Å². The van der Waals surface area contributed by atoms with Crippen molar-refractivity contribution in [1.29, 1.82) is 0 Å². The first-order valence-electron chi connectivity index (χ1n) is 4.01. The Labute approximate surface area is 67.6 Å². The molecule has 0 spiro atoms. The average Bonchev–Trinajstić information content (AvgIpc) is 1.60. The van der Waals surface area contributed by atoms with Crippen LogP contribution in [-0.4, -0.2) is 17.4 Å². The van der Waals surface area contributed by atoms with Gasteiger partial charge in [0.2, 0.25) is 0 Å². The Bertz CT molecular complexity index is 96.3. The van der Waals surface area contributed by atoms with Crippen molar-refractivity contribution in [3.05, 3.63) is 0 Å². The van der Waals surface area contributed by atoms with Crippen LogP contribution in [0, 0.1) is 0 Å². The van der Waals surface area contributed by atoms with E-state index in [1.54, 1.807) is 0 Å². The Morgan fingerprint density at radius 1 is 1.20 bits per heavy atom. The molecule has 0 bridgehead atoms. The summed E-state index contributed by atoms with van der Waals surface area (Å²) in [6.07, 6.45) is 0. The molecule has 62 valence electrons. The fraction of sp³-hybridized carbons (Fsp3) is 1.00. The van der Waals surface area contributed by atoms with Crippen molar-refractivity contribution in [1.82, 2.24) is 0 Å². The first-order chi connectivity index (χ1) is 4.33. The summed E-state index contributed by atoms with van der Waals surface area (Å²) in [5.41, 5.74) is 0.784. The molecule has 0 aromatic rings. The van der Waals surface area contributed by atoms with Gasteiger partial charge in [-0.05, 0) is 31.7 Å². The minimum atomic E-state index is -1.22. The van der Waals surface area contributed by atoms with Crippen LogP contribution in [0.15, 0.2) is 0 Å². The molecule has 0 radical (unpaired) electrons.